The van der Waals surface area contributed by atoms with Crippen molar-refractivity contribution < 1.29 is 8.42 Å². The number of thioether (sulfide) groups is 1. The second-order valence-electron chi connectivity index (χ2n) is 4.24. The third kappa shape index (κ3) is 3.89. The zero-order valence-electron chi connectivity index (χ0n) is 11.8. The number of nitrogens with zero attached hydrogens (tertiary/aromatic N) is 1. The van der Waals surface area contributed by atoms with E-state index in [9.17, 15) is 8.42 Å². The molecular formula is C14H17N3O2S2. The number of aromatic nitrogens is 1. The van der Waals surface area contributed by atoms with Gasteiger partial charge in [-0.2, -0.15) is 0 Å². The molecule has 0 spiro atoms. The summed E-state index contributed by atoms with van der Waals surface area (Å²) in [6.07, 6.45) is 4.87. The Hall–Kier alpha value is -1.73. The number of anilines is 2. The van der Waals surface area contributed by atoms with Crippen LogP contribution in [-0.4, -0.2) is 26.2 Å². The van der Waals surface area contributed by atoms with Crippen LogP contribution in [0.2, 0.25) is 0 Å². The van der Waals surface area contributed by atoms with Crippen molar-refractivity contribution in [2.75, 3.05) is 22.8 Å². The van der Waals surface area contributed by atoms with Gasteiger partial charge in [0.15, 0.2) is 0 Å². The van der Waals surface area contributed by atoms with Gasteiger partial charge in [-0.15, -0.1) is 11.8 Å². The molecule has 0 bridgehead atoms. The number of hydrogen-bond acceptors (Lipinski definition) is 5. The van der Waals surface area contributed by atoms with Crippen molar-refractivity contribution in [2.45, 2.75) is 16.7 Å². The van der Waals surface area contributed by atoms with Gasteiger partial charge in [0.1, 0.15) is 4.90 Å². The number of sulfonamides is 1. The maximum atomic E-state index is 12.5. The molecule has 0 saturated heterocycles. The van der Waals surface area contributed by atoms with Crippen molar-refractivity contribution in [2.24, 2.45) is 0 Å². The fourth-order valence-electron chi connectivity index (χ4n) is 1.80. The summed E-state index contributed by atoms with van der Waals surface area (Å²) in [5.74, 6) is 0. The fourth-order valence-corrected chi connectivity index (χ4v) is 3.39. The van der Waals surface area contributed by atoms with Crippen molar-refractivity contribution >= 4 is 33.2 Å². The van der Waals surface area contributed by atoms with E-state index in [0.717, 1.165) is 4.90 Å². The lowest BCUT2D eigenvalue weighted by atomic mass is 10.3. The Morgan fingerprint density at radius 1 is 1.19 bits per heavy atom. The first-order valence-corrected chi connectivity index (χ1v) is 9.12. The minimum atomic E-state index is -3.67. The maximum absolute atomic E-state index is 12.5. The van der Waals surface area contributed by atoms with E-state index in [1.807, 2.05) is 25.3 Å². The second kappa shape index (κ2) is 6.82. The topological polar surface area (TPSA) is 71.1 Å². The summed E-state index contributed by atoms with van der Waals surface area (Å²) in [6, 6.07) is 8.88. The van der Waals surface area contributed by atoms with E-state index < -0.39 is 10.0 Å². The molecule has 21 heavy (non-hydrogen) atoms. The lowest BCUT2D eigenvalue weighted by Crippen LogP contribution is -2.15. The Labute approximate surface area is 129 Å². The molecule has 1 heterocycles. The van der Waals surface area contributed by atoms with Crippen molar-refractivity contribution in [3.05, 3.63) is 42.7 Å². The Balaban J connectivity index is 2.29. The molecule has 0 amide bonds. The van der Waals surface area contributed by atoms with Gasteiger partial charge in [-0.1, -0.05) is 0 Å². The third-order valence-corrected chi connectivity index (χ3v) is 4.94. The summed E-state index contributed by atoms with van der Waals surface area (Å²) >= 11 is 1.60. The fraction of sp³-hybridized carbons (Fsp3) is 0.214. The van der Waals surface area contributed by atoms with Crippen LogP contribution in [0.15, 0.2) is 52.5 Å². The van der Waals surface area contributed by atoms with Gasteiger partial charge in [-0.05, 0) is 43.5 Å². The minimum absolute atomic E-state index is 0.140. The molecule has 2 aromatic rings. The van der Waals surface area contributed by atoms with Crippen LogP contribution < -0.4 is 10.0 Å². The summed E-state index contributed by atoms with van der Waals surface area (Å²) in [7, 11) is -3.67. The molecule has 5 nitrogen and oxygen atoms in total. The van der Waals surface area contributed by atoms with Crippen LogP contribution in [0, 0.1) is 0 Å². The highest BCUT2D eigenvalue weighted by atomic mass is 32.2. The van der Waals surface area contributed by atoms with Gasteiger partial charge in [-0.25, -0.2) is 8.42 Å². The van der Waals surface area contributed by atoms with E-state index in [4.69, 9.17) is 0 Å². The monoisotopic (exact) mass is 323 g/mol. The average Bonchev–Trinajstić information content (AvgIpc) is 2.48. The minimum Gasteiger partial charge on any atom is -0.384 e. The predicted molar refractivity (Wildman–Crippen MR) is 87.4 cm³/mol. The first-order chi connectivity index (χ1) is 10.1. The van der Waals surface area contributed by atoms with E-state index in [0.29, 0.717) is 17.9 Å². The zero-order valence-corrected chi connectivity index (χ0v) is 13.5. The molecular weight excluding hydrogens is 306 g/mol. The molecule has 7 heteroatoms. The van der Waals surface area contributed by atoms with Gasteiger partial charge in [0.2, 0.25) is 0 Å². The molecule has 1 aromatic carbocycles. The average molecular weight is 323 g/mol. The summed E-state index contributed by atoms with van der Waals surface area (Å²) in [4.78, 5) is 5.12. The first-order valence-electron chi connectivity index (χ1n) is 6.41. The number of hydrogen-bond donors (Lipinski definition) is 2. The highest BCUT2D eigenvalue weighted by Gasteiger charge is 2.18. The summed E-state index contributed by atoms with van der Waals surface area (Å²) in [5, 5.41) is 3.02. The van der Waals surface area contributed by atoms with Crippen LogP contribution >= 0.6 is 11.8 Å². The van der Waals surface area contributed by atoms with Crippen LogP contribution in [0.1, 0.15) is 6.92 Å². The third-order valence-electron chi connectivity index (χ3n) is 2.78. The van der Waals surface area contributed by atoms with Gasteiger partial charge < -0.3 is 5.32 Å². The quantitative estimate of drug-likeness (QED) is 0.800. The number of rotatable bonds is 6. The molecule has 2 N–H and O–H groups in total. The molecule has 0 aliphatic carbocycles. The summed E-state index contributed by atoms with van der Waals surface area (Å²) in [5.41, 5.74) is 1.07. The van der Waals surface area contributed by atoms with Crippen LogP contribution in [0.4, 0.5) is 11.4 Å². The maximum Gasteiger partial charge on any atom is 0.265 e. The summed E-state index contributed by atoms with van der Waals surface area (Å²) < 4.78 is 27.5. The van der Waals surface area contributed by atoms with Crippen LogP contribution in [0.25, 0.3) is 0 Å². The van der Waals surface area contributed by atoms with E-state index in [2.05, 4.69) is 15.0 Å². The van der Waals surface area contributed by atoms with Crippen LogP contribution in [-0.2, 0) is 10.0 Å². The number of nitrogens with one attached hydrogen (secondary N) is 2. The SMILES string of the molecule is CCNc1ccncc1S(=O)(=O)Nc1ccc(SC)cc1. The van der Waals surface area contributed by atoms with Crippen LogP contribution in [0.3, 0.4) is 0 Å². The van der Waals surface area contributed by atoms with Crippen molar-refractivity contribution in [3.63, 3.8) is 0 Å². The molecule has 0 atom stereocenters. The van der Waals surface area contributed by atoms with Crippen molar-refractivity contribution in [3.8, 4) is 0 Å². The Morgan fingerprint density at radius 3 is 2.52 bits per heavy atom. The molecule has 0 radical (unpaired) electrons. The van der Waals surface area contributed by atoms with Crippen molar-refractivity contribution in [1.82, 2.24) is 4.98 Å². The van der Waals surface area contributed by atoms with E-state index in [1.165, 1.54) is 6.20 Å². The van der Waals surface area contributed by atoms with Gasteiger partial charge in [-0.3, -0.25) is 9.71 Å². The standard InChI is InChI=1S/C14H17N3O2S2/c1-3-16-13-8-9-15-10-14(13)21(18,19)17-11-4-6-12(20-2)7-5-11/h4-10,17H,3H2,1-2H3,(H,15,16). The number of benzene rings is 1. The predicted octanol–water partition coefficient (Wildman–Crippen LogP) is 3.04. The van der Waals surface area contributed by atoms with E-state index >= 15 is 0 Å². The Morgan fingerprint density at radius 2 is 1.90 bits per heavy atom. The van der Waals surface area contributed by atoms with E-state index in [1.54, 1.807) is 36.2 Å². The van der Waals surface area contributed by atoms with Crippen molar-refractivity contribution in [1.29, 1.82) is 0 Å². The molecule has 2 rings (SSSR count). The Kier molecular flexibility index (Phi) is 5.08. The highest BCUT2D eigenvalue weighted by molar-refractivity contribution is 7.98. The second-order valence-corrected chi connectivity index (χ2v) is 6.77. The largest absolute Gasteiger partial charge is 0.384 e. The summed E-state index contributed by atoms with van der Waals surface area (Å²) in [6.45, 7) is 2.54. The number of pyridine rings is 1. The smallest absolute Gasteiger partial charge is 0.265 e. The van der Waals surface area contributed by atoms with Gasteiger partial charge in [0.05, 0.1) is 5.69 Å². The normalized spacial score (nSPS) is 11.1. The van der Waals surface area contributed by atoms with Gasteiger partial charge in [0.25, 0.3) is 10.0 Å². The molecule has 0 aliphatic rings. The first kappa shape index (κ1) is 15.7. The van der Waals surface area contributed by atoms with Crippen LogP contribution in [0.5, 0.6) is 0 Å². The molecule has 0 aliphatic heterocycles. The molecule has 1 aromatic heterocycles. The molecule has 0 saturated carbocycles. The molecule has 0 fully saturated rings. The lowest BCUT2D eigenvalue weighted by molar-refractivity contribution is 0.601. The molecule has 112 valence electrons. The molecule has 0 unspecified atom stereocenters. The zero-order chi connectivity index (χ0) is 15.3. The highest BCUT2D eigenvalue weighted by Crippen LogP contribution is 2.24. The Bertz CT molecular complexity index is 700. The van der Waals surface area contributed by atoms with Gasteiger partial charge in [0, 0.05) is 29.5 Å². The van der Waals surface area contributed by atoms with Gasteiger partial charge >= 0.3 is 0 Å². The lowest BCUT2D eigenvalue weighted by Gasteiger charge is -2.12. The van der Waals surface area contributed by atoms with E-state index in [-0.39, 0.29) is 4.90 Å².